The van der Waals surface area contributed by atoms with Crippen molar-refractivity contribution in [2.45, 2.75) is 83.5 Å². The van der Waals surface area contributed by atoms with Gasteiger partial charge >= 0.3 is 0 Å². The first-order valence-electron chi connectivity index (χ1n) is 12.2. The van der Waals surface area contributed by atoms with E-state index < -0.39 is 0 Å². The van der Waals surface area contributed by atoms with Gasteiger partial charge in [0.05, 0.1) is 5.02 Å². The number of unbranched alkanes of at least 4 members (excludes halogenated alkanes) is 3. The highest BCUT2D eigenvalue weighted by atomic mass is 35.5. The zero-order chi connectivity index (χ0) is 20.9. The Morgan fingerprint density at radius 1 is 0.833 bits per heavy atom. The lowest BCUT2D eigenvalue weighted by Gasteiger charge is -2.42. The second-order valence-electron chi connectivity index (χ2n) is 9.81. The van der Waals surface area contributed by atoms with Gasteiger partial charge < -0.3 is 0 Å². The highest BCUT2D eigenvalue weighted by Crippen LogP contribution is 2.48. The van der Waals surface area contributed by atoms with Crippen LogP contribution in [-0.2, 0) is 0 Å². The van der Waals surface area contributed by atoms with Gasteiger partial charge in [0.2, 0.25) is 0 Å². The average Bonchev–Trinajstić information content (AvgIpc) is 2.78. The molecule has 0 radical (unpaired) electrons. The van der Waals surface area contributed by atoms with Crippen molar-refractivity contribution in [1.29, 1.82) is 0 Å². The Morgan fingerprint density at radius 3 is 2.33 bits per heavy atom. The van der Waals surface area contributed by atoms with Crippen LogP contribution in [0.1, 0.15) is 89.0 Å². The first kappa shape index (κ1) is 21.9. The summed E-state index contributed by atoms with van der Waals surface area (Å²) in [7, 11) is 0. The minimum absolute atomic E-state index is 0.183. The lowest BCUT2D eigenvalue weighted by Crippen LogP contribution is -2.30. The van der Waals surface area contributed by atoms with Gasteiger partial charge in [-0.1, -0.05) is 87.4 Å². The molecule has 0 spiro atoms. The van der Waals surface area contributed by atoms with Crippen molar-refractivity contribution >= 4 is 11.6 Å². The van der Waals surface area contributed by atoms with Crippen molar-refractivity contribution in [2.24, 2.45) is 17.8 Å². The summed E-state index contributed by atoms with van der Waals surface area (Å²) >= 11 is 5.82. The van der Waals surface area contributed by atoms with E-state index in [2.05, 4.69) is 31.2 Å². The fraction of sp³-hybridized carbons (Fsp3) is 0.571. The standard InChI is InChI=1S/C28H36ClF/c1-2-3-4-5-6-20-7-8-25-18-24(14-13-23(25)17-20)21-9-11-22(12-10-21)26-15-16-27(29)28(30)19-26/h9-12,15-16,19-20,23-25H,2-8,13-14,17-18H2,1H3. The Bertz CT molecular complexity index is 812. The third kappa shape index (κ3) is 5.28. The highest BCUT2D eigenvalue weighted by molar-refractivity contribution is 6.30. The van der Waals surface area contributed by atoms with Crippen LogP contribution in [-0.4, -0.2) is 0 Å². The molecule has 2 aliphatic rings. The number of rotatable bonds is 7. The van der Waals surface area contributed by atoms with Gasteiger partial charge in [0.25, 0.3) is 0 Å². The average molecular weight is 427 g/mol. The molecular formula is C28H36ClF. The Hall–Kier alpha value is -1.34. The molecule has 4 rings (SSSR count). The SMILES string of the molecule is CCCCCCC1CCC2CC(c3ccc(-c4ccc(Cl)c(F)c4)cc3)CCC2C1. The Morgan fingerprint density at radius 2 is 1.57 bits per heavy atom. The number of fused-ring (bicyclic) bond motifs is 1. The van der Waals surface area contributed by atoms with E-state index >= 15 is 0 Å². The van der Waals surface area contributed by atoms with Crippen molar-refractivity contribution in [2.75, 3.05) is 0 Å². The summed E-state index contributed by atoms with van der Waals surface area (Å²) in [5.41, 5.74) is 3.42. The van der Waals surface area contributed by atoms with Crippen LogP contribution in [0.5, 0.6) is 0 Å². The van der Waals surface area contributed by atoms with Gasteiger partial charge in [-0.25, -0.2) is 4.39 Å². The highest BCUT2D eigenvalue weighted by Gasteiger charge is 2.35. The molecule has 4 atom stereocenters. The molecule has 0 nitrogen and oxygen atoms in total. The Balaban J connectivity index is 1.32. The molecule has 0 N–H and O–H groups in total. The second-order valence-corrected chi connectivity index (χ2v) is 10.2. The van der Waals surface area contributed by atoms with E-state index in [9.17, 15) is 4.39 Å². The van der Waals surface area contributed by atoms with Crippen molar-refractivity contribution in [1.82, 2.24) is 0 Å². The lowest BCUT2D eigenvalue weighted by atomic mass is 9.63. The quantitative estimate of drug-likeness (QED) is 0.386. The van der Waals surface area contributed by atoms with E-state index in [0.29, 0.717) is 5.92 Å². The van der Waals surface area contributed by atoms with E-state index in [4.69, 9.17) is 11.6 Å². The summed E-state index contributed by atoms with van der Waals surface area (Å²) in [6, 6.07) is 13.9. The van der Waals surface area contributed by atoms with Crippen LogP contribution in [0.2, 0.25) is 5.02 Å². The Kier molecular flexibility index (Phi) is 7.52. The van der Waals surface area contributed by atoms with Crippen LogP contribution in [0.4, 0.5) is 4.39 Å². The third-order valence-electron chi connectivity index (χ3n) is 7.82. The van der Waals surface area contributed by atoms with Gasteiger partial charge in [0.15, 0.2) is 0 Å². The largest absolute Gasteiger partial charge is 0.205 e. The molecule has 2 fully saturated rings. The van der Waals surface area contributed by atoms with Gasteiger partial charge in [-0.3, -0.25) is 0 Å². The van der Waals surface area contributed by atoms with Crippen LogP contribution in [0, 0.1) is 23.6 Å². The summed E-state index contributed by atoms with van der Waals surface area (Å²) < 4.78 is 13.8. The number of halogens is 2. The van der Waals surface area contributed by atoms with Crippen LogP contribution in [0.15, 0.2) is 42.5 Å². The van der Waals surface area contributed by atoms with Crippen molar-refractivity contribution < 1.29 is 4.39 Å². The molecule has 2 aromatic carbocycles. The lowest BCUT2D eigenvalue weighted by molar-refractivity contribution is 0.113. The smallest absolute Gasteiger partial charge is 0.142 e. The first-order chi connectivity index (χ1) is 14.6. The molecule has 2 aromatic rings. The molecule has 0 amide bonds. The molecule has 0 aliphatic heterocycles. The van der Waals surface area contributed by atoms with E-state index in [-0.39, 0.29) is 10.8 Å². The van der Waals surface area contributed by atoms with Gasteiger partial charge in [-0.05, 0) is 84.6 Å². The molecule has 4 unspecified atom stereocenters. The molecule has 30 heavy (non-hydrogen) atoms. The molecule has 0 saturated heterocycles. The Labute approximate surface area is 187 Å². The van der Waals surface area contributed by atoms with E-state index in [1.165, 1.54) is 82.3 Å². The monoisotopic (exact) mass is 426 g/mol. The summed E-state index contributed by atoms with van der Waals surface area (Å²) in [5, 5.41) is 0.183. The van der Waals surface area contributed by atoms with Crippen molar-refractivity contribution in [3.8, 4) is 11.1 Å². The molecule has 162 valence electrons. The fourth-order valence-electron chi connectivity index (χ4n) is 6.03. The molecule has 0 aromatic heterocycles. The zero-order valence-corrected chi connectivity index (χ0v) is 19.1. The van der Waals surface area contributed by atoms with E-state index in [1.54, 1.807) is 6.07 Å². The maximum absolute atomic E-state index is 13.8. The zero-order valence-electron chi connectivity index (χ0n) is 18.4. The van der Waals surface area contributed by atoms with Crippen LogP contribution in [0.3, 0.4) is 0 Å². The van der Waals surface area contributed by atoms with Gasteiger partial charge in [0, 0.05) is 0 Å². The molecule has 0 bridgehead atoms. The minimum Gasteiger partial charge on any atom is -0.205 e. The van der Waals surface area contributed by atoms with E-state index in [1.807, 2.05) is 6.07 Å². The summed E-state index contributed by atoms with van der Waals surface area (Å²) in [4.78, 5) is 0. The molecule has 2 heteroatoms. The summed E-state index contributed by atoms with van der Waals surface area (Å²) in [6.45, 7) is 2.30. The van der Waals surface area contributed by atoms with Crippen LogP contribution >= 0.6 is 11.6 Å². The number of hydrogen-bond acceptors (Lipinski definition) is 0. The van der Waals surface area contributed by atoms with Gasteiger partial charge in [-0.2, -0.15) is 0 Å². The summed E-state index contributed by atoms with van der Waals surface area (Å²) in [5.74, 6) is 3.25. The minimum atomic E-state index is -0.350. The number of benzene rings is 2. The second kappa shape index (κ2) is 10.3. The van der Waals surface area contributed by atoms with Gasteiger partial charge in [-0.15, -0.1) is 0 Å². The topological polar surface area (TPSA) is 0 Å². The van der Waals surface area contributed by atoms with Crippen LogP contribution in [0.25, 0.3) is 11.1 Å². The van der Waals surface area contributed by atoms with Gasteiger partial charge in [0.1, 0.15) is 5.82 Å². The van der Waals surface area contributed by atoms with Crippen LogP contribution < -0.4 is 0 Å². The van der Waals surface area contributed by atoms with E-state index in [0.717, 1.165) is 28.9 Å². The maximum Gasteiger partial charge on any atom is 0.142 e. The molecule has 2 saturated carbocycles. The summed E-state index contributed by atoms with van der Waals surface area (Å²) in [6.07, 6.45) is 15.6. The third-order valence-corrected chi connectivity index (χ3v) is 8.13. The predicted octanol–water partition coefficient (Wildman–Crippen LogP) is 9.42. The van der Waals surface area contributed by atoms with Crippen molar-refractivity contribution in [3.05, 3.63) is 58.9 Å². The maximum atomic E-state index is 13.8. The normalized spacial score (nSPS) is 26.4. The first-order valence-corrected chi connectivity index (χ1v) is 12.6. The number of hydrogen-bond donors (Lipinski definition) is 0. The fourth-order valence-corrected chi connectivity index (χ4v) is 6.15. The van der Waals surface area contributed by atoms with Crippen molar-refractivity contribution in [3.63, 3.8) is 0 Å². The molecular weight excluding hydrogens is 391 g/mol. The molecule has 0 heterocycles. The predicted molar refractivity (Wildman–Crippen MR) is 127 cm³/mol. The molecule has 2 aliphatic carbocycles.